The molecule has 0 fully saturated rings. The molecular weight excluding hydrogens is 136 g/mol. The molecule has 0 aliphatic carbocycles. The lowest BCUT2D eigenvalue weighted by atomic mass is 10.6. The van der Waals surface area contributed by atoms with Crippen molar-refractivity contribution < 1.29 is 0 Å². The lowest BCUT2D eigenvalue weighted by Gasteiger charge is -2.11. The Hall–Kier alpha value is -0.630. The minimum atomic E-state index is 0.514. The third-order valence-corrected chi connectivity index (χ3v) is 1.53. The van der Waals surface area contributed by atoms with Gasteiger partial charge < -0.3 is 9.88 Å². The molecule has 0 unspecified atom stereocenters. The molecule has 2 nitrogen and oxygen atoms in total. The number of rotatable bonds is 2. The molecule has 1 N–H and O–H groups in total. The van der Waals surface area contributed by atoms with Crippen molar-refractivity contribution in [1.82, 2.24) is 4.98 Å². The molecule has 3 heteroatoms. The molecule has 0 radical (unpaired) electrons. The van der Waals surface area contributed by atoms with E-state index in [1.807, 2.05) is 30.3 Å². The quantitative estimate of drug-likeness (QED) is 0.494. The Kier molecular flexibility index (Phi) is 2.01. The van der Waals surface area contributed by atoms with E-state index in [0.29, 0.717) is 6.00 Å². The number of alkyl halides is 1. The molecule has 1 aromatic heterocycles. The van der Waals surface area contributed by atoms with Crippen molar-refractivity contribution in [3.63, 3.8) is 0 Å². The predicted molar refractivity (Wildman–Crippen MR) is 39.9 cm³/mol. The highest BCUT2D eigenvalue weighted by Crippen LogP contribution is 2.06. The normalized spacial score (nSPS) is 9.56. The molecule has 0 spiro atoms. The standard InChI is InChI=1S/C6H9ClN2/c1-9(5-7)6-3-2-4-8-6/h2-4,8H,5H2,1H3. The fourth-order valence-electron chi connectivity index (χ4n) is 0.623. The Bertz CT molecular complexity index is 160. The summed E-state index contributed by atoms with van der Waals surface area (Å²) in [7, 11) is 1.93. The van der Waals surface area contributed by atoms with E-state index in [-0.39, 0.29) is 0 Å². The lowest BCUT2D eigenvalue weighted by molar-refractivity contribution is 1.05. The first-order valence-corrected chi connectivity index (χ1v) is 3.28. The molecule has 9 heavy (non-hydrogen) atoms. The molecule has 1 heterocycles. The van der Waals surface area contributed by atoms with Crippen LogP contribution in [-0.4, -0.2) is 18.0 Å². The van der Waals surface area contributed by atoms with Crippen molar-refractivity contribution in [2.75, 3.05) is 18.0 Å². The van der Waals surface area contributed by atoms with Crippen LogP contribution < -0.4 is 4.90 Å². The van der Waals surface area contributed by atoms with Gasteiger partial charge in [-0.3, -0.25) is 0 Å². The Balaban J connectivity index is 2.65. The largest absolute Gasteiger partial charge is 0.348 e. The van der Waals surface area contributed by atoms with Crippen LogP contribution in [0.1, 0.15) is 0 Å². The van der Waals surface area contributed by atoms with Gasteiger partial charge >= 0.3 is 0 Å². The fourth-order valence-corrected chi connectivity index (χ4v) is 0.751. The SMILES string of the molecule is CN(CCl)c1ccc[nH]1. The number of aromatic nitrogens is 1. The first kappa shape index (κ1) is 6.49. The zero-order chi connectivity index (χ0) is 6.69. The summed E-state index contributed by atoms with van der Waals surface area (Å²) in [6, 6.07) is 4.43. The van der Waals surface area contributed by atoms with Gasteiger partial charge in [0.25, 0.3) is 0 Å². The number of nitrogens with zero attached hydrogens (tertiary/aromatic N) is 1. The van der Waals surface area contributed by atoms with Gasteiger partial charge in [-0.15, -0.1) is 11.6 Å². The lowest BCUT2D eigenvalue weighted by Crippen LogP contribution is -2.13. The Labute approximate surface area is 59.4 Å². The van der Waals surface area contributed by atoms with Gasteiger partial charge in [-0.25, -0.2) is 0 Å². The van der Waals surface area contributed by atoms with Crippen molar-refractivity contribution in [3.05, 3.63) is 18.3 Å². The van der Waals surface area contributed by atoms with Crippen LogP contribution in [0, 0.1) is 0 Å². The van der Waals surface area contributed by atoms with Gasteiger partial charge in [0, 0.05) is 13.2 Å². The number of nitrogens with one attached hydrogen (secondary N) is 1. The van der Waals surface area contributed by atoms with Crippen LogP contribution >= 0.6 is 11.6 Å². The number of hydrogen-bond donors (Lipinski definition) is 1. The first-order chi connectivity index (χ1) is 4.34. The van der Waals surface area contributed by atoms with Crippen LogP contribution in [0.2, 0.25) is 0 Å². The summed E-state index contributed by atoms with van der Waals surface area (Å²) >= 11 is 5.55. The molecule has 0 aliphatic heterocycles. The monoisotopic (exact) mass is 144 g/mol. The number of aromatic amines is 1. The van der Waals surface area contributed by atoms with Gasteiger partial charge in [0.2, 0.25) is 0 Å². The maximum absolute atomic E-state index is 5.55. The zero-order valence-electron chi connectivity index (χ0n) is 5.26. The smallest absolute Gasteiger partial charge is 0.106 e. The topological polar surface area (TPSA) is 19.0 Å². The van der Waals surface area contributed by atoms with Crippen molar-refractivity contribution in [3.8, 4) is 0 Å². The molecule has 1 rings (SSSR count). The van der Waals surface area contributed by atoms with Crippen LogP contribution in [0.3, 0.4) is 0 Å². The molecule has 0 aliphatic rings. The second kappa shape index (κ2) is 2.78. The van der Waals surface area contributed by atoms with Crippen LogP contribution in [0.25, 0.3) is 0 Å². The summed E-state index contributed by atoms with van der Waals surface area (Å²) in [5, 5.41) is 0. The Morgan fingerprint density at radius 2 is 2.56 bits per heavy atom. The molecular formula is C6H9ClN2. The molecule has 0 atom stereocenters. The highest BCUT2D eigenvalue weighted by atomic mass is 35.5. The minimum absolute atomic E-state index is 0.514. The number of anilines is 1. The highest BCUT2D eigenvalue weighted by Gasteiger charge is 1.95. The van der Waals surface area contributed by atoms with E-state index < -0.39 is 0 Å². The van der Waals surface area contributed by atoms with Crippen molar-refractivity contribution in [1.29, 1.82) is 0 Å². The summed E-state index contributed by atoms with van der Waals surface area (Å²) in [6.45, 7) is 0. The van der Waals surface area contributed by atoms with Crippen LogP contribution in [0.15, 0.2) is 18.3 Å². The van der Waals surface area contributed by atoms with Gasteiger partial charge in [-0.1, -0.05) is 0 Å². The number of halogens is 1. The summed E-state index contributed by atoms with van der Waals surface area (Å²) in [5.41, 5.74) is 0. The third-order valence-electron chi connectivity index (χ3n) is 1.17. The van der Waals surface area contributed by atoms with E-state index in [1.165, 1.54) is 0 Å². The van der Waals surface area contributed by atoms with Crippen LogP contribution in [0.5, 0.6) is 0 Å². The van der Waals surface area contributed by atoms with Crippen molar-refractivity contribution in [2.24, 2.45) is 0 Å². The van der Waals surface area contributed by atoms with E-state index in [0.717, 1.165) is 5.82 Å². The second-order valence-electron chi connectivity index (χ2n) is 1.87. The first-order valence-electron chi connectivity index (χ1n) is 2.75. The molecule has 0 saturated carbocycles. The highest BCUT2D eigenvalue weighted by molar-refractivity contribution is 6.18. The minimum Gasteiger partial charge on any atom is -0.348 e. The molecule has 0 aromatic carbocycles. The summed E-state index contributed by atoms with van der Waals surface area (Å²) in [4.78, 5) is 4.95. The Morgan fingerprint density at radius 1 is 1.78 bits per heavy atom. The predicted octanol–water partition coefficient (Wildman–Crippen LogP) is 1.65. The molecule has 0 amide bonds. The average Bonchev–Trinajstić information content (AvgIpc) is 2.37. The fraction of sp³-hybridized carbons (Fsp3) is 0.333. The molecule has 1 aromatic rings. The van der Waals surface area contributed by atoms with Crippen molar-refractivity contribution >= 4 is 17.4 Å². The van der Waals surface area contributed by atoms with E-state index in [2.05, 4.69) is 4.98 Å². The van der Waals surface area contributed by atoms with Gasteiger partial charge in [0.05, 0.1) is 6.00 Å². The molecule has 0 saturated heterocycles. The van der Waals surface area contributed by atoms with Crippen LogP contribution in [0.4, 0.5) is 5.82 Å². The average molecular weight is 145 g/mol. The second-order valence-corrected chi connectivity index (χ2v) is 2.11. The summed E-state index contributed by atoms with van der Waals surface area (Å²) in [6.07, 6.45) is 1.87. The Morgan fingerprint density at radius 3 is 3.00 bits per heavy atom. The van der Waals surface area contributed by atoms with Gasteiger partial charge in [0.1, 0.15) is 5.82 Å². The molecule has 0 bridgehead atoms. The summed E-state index contributed by atoms with van der Waals surface area (Å²) < 4.78 is 0. The number of hydrogen-bond acceptors (Lipinski definition) is 1. The van der Waals surface area contributed by atoms with Gasteiger partial charge in [-0.05, 0) is 12.1 Å². The van der Waals surface area contributed by atoms with E-state index >= 15 is 0 Å². The van der Waals surface area contributed by atoms with E-state index in [1.54, 1.807) is 0 Å². The zero-order valence-corrected chi connectivity index (χ0v) is 6.02. The summed E-state index contributed by atoms with van der Waals surface area (Å²) in [5.74, 6) is 1.05. The van der Waals surface area contributed by atoms with Gasteiger partial charge in [0.15, 0.2) is 0 Å². The number of H-pyrrole nitrogens is 1. The maximum atomic E-state index is 5.55. The van der Waals surface area contributed by atoms with E-state index in [4.69, 9.17) is 11.6 Å². The van der Waals surface area contributed by atoms with E-state index in [9.17, 15) is 0 Å². The third kappa shape index (κ3) is 1.39. The van der Waals surface area contributed by atoms with Crippen molar-refractivity contribution in [2.45, 2.75) is 0 Å². The molecule has 50 valence electrons. The van der Waals surface area contributed by atoms with Crippen LogP contribution in [-0.2, 0) is 0 Å². The maximum Gasteiger partial charge on any atom is 0.106 e. The van der Waals surface area contributed by atoms with Gasteiger partial charge in [-0.2, -0.15) is 0 Å².